The first-order valence-electron chi connectivity index (χ1n) is 7.32. The topological polar surface area (TPSA) is 38.1 Å². The van der Waals surface area contributed by atoms with E-state index in [9.17, 15) is 0 Å². The van der Waals surface area contributed by atoms with E-state index in [1.54, 1.807) is 6.39 Å². The summed E-state index contributed by atoms with van der Waals surface area (Å²) >= 11 is 0. The number of hydrogen-bond donors (Lipinski definition) is 1. The van der Waals surface area contributed by atoms with Gasteiger partial charge >= 0.3 is 0 Å². The van der Waals surface area contributed by atoms with Gasteiger partial charge in [-0.1, -0.05) is 26.7 Å². The second kappa shape index (κ2) is 4.69. The van der Waals surface area contributed by atoms with Gasteiger partial charge < -0.3 is 9.73 Å². The molecule has 1 aromatic heterocycles. The fraction of sp³-hybridized carbons (Fsp3) is 0.800. The monoisotopic (exact) mass is 248 g/mol. The molecule has 0 aromatic carbocycles. The molecule has 18 heavy (non-hydrogen) atoms. The third-order valence-corrected chi connectivity index (χ3v) is 4.63. The van der Waals surface area contributed by atoms with E-state index >= 15 is 0 Å². The minimum atomic E-state index is 0.353. The minimum Gasteiger partial charge on any atom is -0.448 e. The molecule has 0 radical (unpaired) electrons. The van der Waals surface area contributed by atoms with Crippen molar-refractivity contribution >= 4 is 0 Å². The van der Waals surface area contributed by atoms with Crippen molar-refractivity contribution in [3.8, 4) is 0 Å². The maximum atomic E-state index is 5.74. The van der Waals surface area contributed by atoms with E-state index in [0.717, 1.165) is 24.0 Å². The van der Waals surface area contributed by atoms with Crippen molar-refractivity contribution in [2.24, 2.45) is 5.41 Å². The Bertz CT molecular complexity index is 406. The molecule has 0 amide bonds. The van der Waals surface area contributed by atoms with Crippen LogP contribution < -0.4 is 5.32 Å². The predicted octanol–water partition coefficient (Wildman–Crippen LogP) is 3.61. The van der Waals surface area contributed by atoms with Crippen molar-refractivity contribution in [1.82, 2.24) is 10.3 Å². The van der Waals surface area contributed by atoms with Gasteiger partial charge in [0.1, 0.15) is 5.76 Å². The van der Waals surface area contributed by atoms with Crippen molar-refractivity contribution in [1.29, 1.82) is 0 Å². The Kier molecular flexibility index (Phi) is 3.18. The SMILES string of the molecule is CC1(C)CCCCC1c1ocnc1CNC1CC1. The molecule has 1 N–H and O–H groups in total. The predicted molar refractivity (Wildman–Crippen MR) is 71.4 cm³/mol. The van der Waals surface area contributed by atoms with Crippen LogP contribution >= 0.6 is 0 Å². The van der Waals surface area contributed by atoms with Crippen LogP contribution in [0.3, 0.4) is 0 Å². The van der Waals surface area contributed by atoms with Crippen LogP contribution in [0.5, 0.6) is 0 Å². The Balaban J connectivity index is 1.75. The van der Waals surface area contributed by atoms with Gasteiger partial charge in [-0.2, -0.15) is 0 Å². The van der Waals surface area contributed by atoms with Crippen LogP contribution in [-0.4, -0.2) is 11.0 Å². The first-order chi connectivity index (χ1) is 8.67. The minimum absolute atomic E-state index is 0.353. The van der Waals surface area contributed by atoms with Crippen LogP contribution in [0, 0.1) is 5.41 Å². The van der Waals surface area contributed by atoms with Crippen LogP contribution in [-0.2, 0) is 6.54 Å². The summed E-state index contributed by atoms with van der Waals surface area (Å²) in [6.45, 7) is 5.62. The van der Waals surface area contributed by atoms with Gasteiger partial charge in [-0.3, -0.25) is 0 Å². The Hall–Kier alpha value is -0.830. The van der Waals surface area contributed by atoms with E-state index in [-0.39, 0.29) is 0 Å². The van der Waals surface area contributed by atoms with Gasteiger partial charge in [0.05, 0.1) is 5.69 Å². The zero-order valence-corrected chi connectivity index (χ0v) is 11.5. The summed E-state index contributed by atoms with van der Waals surface area (Å²) in [6, 6.07) is 0.730. The average molecular weight is 248 g/mol. The van der Waals surface area contributed by atoms with E-state index in [2.05, 4.69) is 24.1 Å². The second-order valence-corrected chi connectivity index (χ2v) is 6.61. The highest BCUT2D eigenvalue weighted by Crippen LogP contribution is 2.47. The fourth-order valence-electron chi connectivity index (χ4n) is 3.20. The summed E-state index contributed by atoms with van der Waals surface area (Å²) in [6.07, 6.45) is 9.50. The Labute approximate surface area is 109 Å². The van der Waals surface area contributed by atoms with E-state index in [4.69, 9.17) is 4.42 Å². The number of nitrogens with one attached hydrogen (secondary N) is 1. The third kappa shape index (κ3) is 2.46. The molecule has 1 atom stereocenters. The van der Waals surface area contributed by atoms with Gasteiger partial charge in [-0.25, -0.2) is 4.98 Å². The highest BCUT2D eigenvalue weighted by molar-refractivity contribution is 5.17. The normalized spacial score (nSPS) is 27.3. The number of rotatable bonds is 4. The molecule has 2 fully saturated rings. The molecule has 0 saturated heterocycles. The molecular formula is C15H24N2O. The molecule has 2 aliphatic rings. The van der Waals surface area contributed by atoms with Gasteiger partial charge in [0.15, 0.2) is 6.39 Å². The Morgan fingerprint density at radius 2 is 2.17 bits per heavy atom. The lowest BCUT2D eigenvalue weighted by Crippen LogP contribution is -2.27. The first kappa shape index (κ1) is 12.2. The van der Waals surface area contributed by atoms with E-state index in [0.29, 0.717) is 11.3 Å². The summed E-state index contributed by atoms with van der Waals surface area (Å²) in [7, 11) is 0. The first-order valence-corrected chi connectivity index (χ1v) is 7.32. The standard InChI is InChI=1S/C15H24N2O/c1-15(2)8-4-3-5-12(15)14-13(17-10-18-14)9-16-11-6-7-11/h10-12,16H,3-9H2,1-2H3. The van der Waals surface area contributed by atoms with E-state index < -0.39 is 0 Å². The Morgan fingerprint density at radius 1 is 1.33 bits per heavy atom. The summed E-state index contributed by atoms with van der Waals surface area (Å²) in [5.74, 6) is 1.69. The number of oxazole rings is 1. The molecule has 0 bridgehead atoms. The third-order valence-electron chi connectivity index (χ3n) is 4.63. The van der Waals surface area contributed by atoms with E-state index in [1.807, 2.05) is 0 Å². The fourth-order valence-corrected chi connectivity index (χ4v) is 3.20. The molecular weight excluding hydrogens is 224 g/mol. The zero-order chi connectivity index (χ0) is 12.6. The molecule has 100 valence electrons. The molecule has 3 rings (SSSR count). The Morgan fingerprint density at radius 3 is 2.89 bits per heavy atom. The highest BCUT2D eigenvalue weighted by atomic mass is 16.3. The number of aromatic nitrogens is 1. The smallest absolute Gasteiger partial charge is 0.181 e. The lowest BCUT2D eigenvalue weighted by molar-refractivity contribution is 0.176. The van der Waals surface area contributed by atoms with Gasteiger partial charge in [0.25, 0.3) is 0 Å². The van der Waals surface area contributed by atoms with Crippen molar-refractivity contribution in [2.45, 2.75) is 70.9 Å². The van der Waals surface area contributed by atoms with Crippen LogP contribution in [0.15, 0.2) is 10.8 Å². The van der Waals surface area contributed by atoms with E-state index in [1.165, 1.54) is 38.5 Å². The molecule has 3 heteroatoms. The molecule has 3 nitrogen and oxygen atoms in total. The van der Waals surface area contributed by atoms with Crippen molar-refractivity contribution < 1.29 is 4.42 Å². The number of nitrogens with zero attached hydrogens (tertiary/aromatic N) is 1. The quantitative estimate of drug-likeness (QED) is 0.884. The highest BCUT2D eigenvalue weighted by Gasteiger charge is 2.37. The molecule has 2 saturated carbocycles. The van der Waals surface area contributed by atoms with Crippen LogP contribution in [0.4, 0.5) is 0 Å². The maximum Gasteiger partial charge on any atom is 0.181 e. The molecule has 0 aliphatic heterocycles. The average Bonchev–Trinajstić information content (AvgIpc) is 3.05. The second-order valence-electron chi connectivity index (χ2n) is 6.61. The van der Waals surface area contributed by atoms with Crippen LogP contribution in [0.2, 0.25) is 0 Å². The van der Waals surface area contributed by atoms with Gasteiger partial charge in [0.2, 0.25) is 0 Å². The van der Waals surface area contributed by atoms with Crippen molar-refractivity contribution in [3.63, 3.8) is 0 Å². The molecule has 0 spiro atoms. The van der Waals surface area contributed by atoms with Gasteiger partial charge in [-0.15, -0.1) is 0 Å². The van der Waals surface area contributed by atoms with Gasteiger partial charge in [0, 0.05) is 18.5 Å². The lowest BCUT2D eigenvalue weighted by Gasteiger charge is -2.37. The maximum absolute atomic E-state index is 5.74. The molecule has 1 heterocycles. The molecule has 1 unspecified atom stereocenters. The largest absolute Gasteiger partial charge is 0.448 e. The lowest BCUT2D eigenvalue weighted by atomic mass is 9.67. The summed E-state index contributed by atoms with van der Waals surface area (Å²) in [4.78, 5) is 4.43. The summed E-state index contributed by atoms with van der Waals surface area (Å²) in [5.41, 5.74) is 1.49. The van der Waals surface area contributed by atoms with Crippen molar-refractivity contribution in [3.05, 3.63) is 17.8 Å². The number of hydrogen-bond acceptors (Lipinski definition) is 3. The van der Waals surface area contributed by atoms with Gasteiger partial charge in [-0.05, 0) is 31.1 Å². The van der Waals surface area contributed by atoms with Crippen LogP contribution in [0.25, 0.3) is 0 Å². The van der Waals surface area contributed by atoms with Crippen molar-refractivity contribution in [2.75, 3.05) is 0 Å². The zero-order valence-electron chi connectivity index (χ0n) is 11.5. The molecule has 1 aromatic rings. The summed E-state index contributed by atoms with van der Waals surface area (Å²) in [5, 5.41) is 3.54. The summed E-state index contributed by atoms with van der Waals surface area (Å²) < 4.78 is 5.74. The molecule has 2 aliphatic carbocycles. The van der Waals surface area contributed by atoms with Crippen LogP contribution in [0.1, 0.15) is 69.7 Å².